The first-order valence-electron chi connectivity index (χ1n) is 6.87. The zero-order valence-electron chi connectivity index (χ0n) is 11.3. The lowest BCUT2D eigenvalue weighted by Crippen LogP contribution is -2.24. The van der Waals surface area contributed by atoms with Crippen LogP contribution in [-0.2, 0) is 11.3 Å². The average molecular weight is 291 g/mol. The second-order valence-electron chi connectivity index (χ2n) is 5.23. The fourth-order valence-electron chi connectivity index (χ4n) is 2.48. The summed E-state index contributed by atoms with van der Waals surface area (Å²) in [6.07, 6.45) is 0.0420. The van der Waals surface area contributed by atoms with Crippen molar-refractivity contribution < 1.29 is 17.9 Å². The standard InChI is InChI=1S/C13H20F3N3O/c14-13(15,16)4-1-2-5-19-9-18-7-11(19)12(17)10-3-6-20-8-10/h7,9-10,12H,1-6,8,17H2. The third-order valence-electron chi connectivity index (χ3n) is 3.67. The van der Waals surface area contributed by atoms with Crippen LogP contribution in [0.1, 0.15) is 37.4 Å². The summed E-state index contributed by atoms with van der Waals surface area (Å²) in [6.45, 7) is 1.88. The van der Waals surface area contributed by atoms with E-state index >= 15 is 0 Å². The number of aromatic nitrogens is 2. The van der Waals surface area contributed by atoms with Crippen molar-refractivity contribution in [2.75, 3.05) is 13.2 Å². The molecule has 2 heterocycles. The highest BCUT2D eigenvalue weighted by atomic mass is 19.4. The molecule has 114 valence electrons. The number of unbranched alkanes of at least 4 members (excludes halogenated alkanes) is 1. The lowest BCUT2D eigenvalue weighted by molar-refractivity contribution is -0.135. The Hall–Kier alpha value is -1.08. The number of hydrogen-bond donors (Lipinski definition) is 1. The van der Waals surface area contributed by atoms with E-state index in [1.165, 1.54) is 0 Å². The molecule has 0 spiro atoms. The lowest BCUT2D eigenvalue weighted by atomic mass is 9.97. The van der Waals surface area contributed by atoms with Crippen molar-refractivity contribution in [3.05, 3.63) is 18.2 Å². The molecule has 1 saturated heterocycles. The molecule has 20 heavy (non-hydrogen) atoms. The minimum Gasteiger partial charge on any atom is -0.381 e. The quantitative estimate of drug-likeness (QED) is 0.820. The topological polar surface area (TPSA) is 53.1 Å². The third-order valence-corrected chi connectivity index (χ3v) is 3.67. The highest BCUT2D eigenvalue weighted by Gasteiger charge is 2.27. The molecule has 4 nitrogen and oxygen atoms in total. The van der Waals surface area contributed by atoms with E-state index in [1.54, 1.807) is 12.5 Å². The summed E-state index contributed by atoms with van der Waals surface area (Å²) >= 11 is 0. The first kappa shape index (κ1) is 15.3. The molecule has 2 rings (SSSR count). The van der Waals surface area contributed by atoms with Crippen LogP contribution < -0.4 is 5.73 Å². The highest BCUT2D eigenvalue weighted by Crippen LogP contribution is 2.27. The molecule has 0 aliphatic carbocycles. The fourth-order valence-corrected chi connectivity index (χ4v) is 2.48. The molecule has 0 radical (unpaired) electrons. The highest BCUT2D eigenvalue weighted by molar-refractivity contribution is 5.07. The number of imidazole rings is 1. The van der Waals surface area contributed by atoms with Gasteiger partial charge >= 0.3 is 6.18 Å². The zero-order chi connectivity index (χ0) is 14.6. The van der Waals surface area contributed by atoms with Crippen molar-refractivity contribution in [3.63, 3.8) is 0 Å². The number of nitrogens with two attached hydrogens (primary N) is 1. The molecule has 2 unspecified atom stereocenters. The normalized spacial score (nSPS) is 21.3. The van der Waals surface area contributed by atoms with E-state index in [2.05, 4.69) is 4.98 Å². The molecular formula is C13H20F3N3O. The van der Waals surface area contributed by atoms with Gasteiger partial charge in [-0.1, -0.05) is 0 Å². The molecule has 1 aromatic rings. The van der Waals surface area contributed by atoms with Gasteiger partial charge in [-0.3, -0.25) is 0 Å². The molecule has 0 amide bonds. The Morgan fingerprint density at radius 2 is 2.25 bits per heavy atom. The molecular weight excluding hydrogens is 271 g/mol. The van der Waals surface area contributed by atoms with Gasteiger partial charge in [-0.2, -0.15) is 13.2 Å². The lowest BCUT2D eigenvalue weighted by Gasteiger charge is -2.19. The summed E-state index contributed by atoms with van der Waals surface area (Å²) < 4.78 is 43.4. The Kier molecular flexibility index (Phi) is 5.04. The summed E-state index contributed by atoms with van der Waals surface area (Å²) in [6, 6.07) is -0.164. The average Bonchev–Trinajstić information content (AvgIpc) is 3.03. The van der Waals surface area contributed by atoms with E-state index in [0.29, 0.717) is 19.6 Å². The summed E-state index contributed by atoms with van der Waals surface area (Å²) in [5, 5.41) is 0. The van der Waals surface area contributed by atoms with Gasteiger partial charge in [0.05, 0.1) is 24.7 Å². The minimum absolute atomic E-state index is 0.128. The van der Waals surface area contributed by atoms with Crippen LogP contribution in [0.5, 0.6) is 0 Å². The molecule has 2 atom stereocenters. The molecule has 2 N–H and O–H groups in total. The van der Waals surface area contributed by atoms with Crippen molar-refractivity contribution in [1.29, 1.82) is 0 Å². The van der Waals surface area contributed by atoms with Gasteiger partial charge in [0.15, 0.2) is 0 Å². The maximum absolute atomic E-state index is 12.1. The summed E-state index contributed by atoms with van der Waals surface area (Å²) in [5.74, 6) is 0.264. The number of nitrogens with zero attached hydrogens (tertiary/aromatic N) is 2. The first-order chi connectivity index (χ1) is 9.47. The number of hydrogen-bond acceptors (Lipinski definition) is 3. The molecule has 1 aliphatic heterocycles. The molecule has 0 saturated carbocycles. The smallest absolute Gasteiger partial charge is 0.381 e. The fraction of sp³-hybridized carbons (Fsp3) is 0.769. The molecule has 1 fully saturated rings. The molecule has 0 bridgehead atoms. The Morgan fingerprint density at radius 3 is 2.90 bits per heavy atom. The Labute approximate surface area is 116 Å². The van der Waals surface area contributed by atoms with Crippen LogP contribution in [0.4, 0.5) is 13.2 Å². The zero-order valence-corrected chi connectivity index (χ0v) is 11.3. The van der Waals surface area contributed by atoms with E-state index in [1.807, 2.05) is 4.57 Å². The van der Waals surface area contributed by atoms with Crippen LogP contribution in [0.3, 0.4) is 0 Å². The predicted octanol–water partition coefficient (Wildman–Crippen LogP) is 2.65. The predicted molar refractivity (Wildman–Crippen MR) is 68.0 cm³/mol. The van der Waals surface area contributed by atoms with Gasteiger partial charge in [-0.15, -0.1) is 0 Å². The van der Waals surface area contributed by atoms with Crippen LogP contribution >= 0.6 is 0 Å². The maximum Gasteiger partial charge on any atom is 0.389 e. The van der Waals surface area contributed by atoms with E-state index in [-0.39, 0.29) is 18.4 Å². The molecule has 7 heteroatoms. The van der Waals surface area contributed by atoms with Crippen LogP contribution in [-0.4, -0.2) is 28.9 Å². The molecule has 1 aliphatic rings. The first-order valence-corrected chi connectivity index (χ1v) is 6.87. The van der Waals surface area contributed by atoms with Crippen molar-refractivity contribution in [3.8, 4) is 0 Å². The summed E-state index contributed by atoms with van der Waals surface area (Å²) in [5.41, 5.74) is 7.08. The minimum atomic E-state index is -4.07. The van der Waals surface area contributed by atoms with Crippen molar-refractivity contribution in [2.24, 2.45) is 11.7 Å². The summed E-state index contributed by atoms with van der Waals surface area (Å²) in [4.78, 5) is 4.06. The Morgan fingerprint density at radius 1 is 1.45 bits per heavy atom. The van der Waals surface area contributed by atoms with Crippen molar-refractivity contribution in [2.45, 2.75) is 44.4 Å². The largest absolute Gasteiger partial charge is 0.389 e. The van der Waals surface area contributed by atoms with E-state index in [9.17, 15) is 13.2 Å². The molecule has 1 aromatic heterocycles. The van der Waals surface area contributed by atoms with Crippen molar-refractivity contribution in [1.82, 2.24) is 9.55 Å². The van der Waals surface area contributed by atoms with Crippen LogP contribution in [0.2, 0.25) is 0 Å². The number of rotatable bonds is 6. The van der Waals surface area contributed by atoms with Crippen LogP contribution in [0.15, 0.2) is 12.5 Å². The van der Waals surface area contributed by atoms with Crippen LogP contribution in [0, 0.1) is 5.92 Å². The van der Waals surface area contributed by atoms with Gasteiger partial charge < -0.3 is 15.0 Å². The second-order valence-corrected chi connectivity index (χ2v) is 5.23. The van der Waals surface area contributed by atoms with E-state index in [0.717, 1.165) is 18.7 Å². The monoisotopic (exact) mass is 291 g/mol. The van der Waals surface area contributed by atoms with Gasteiger partial charge in [0, 0.05) is 31.7 Å². The Bertz CT molecular complexity index is 413. The third kappa shape index (κ3) is 4.21. The summed E-state index contributed by atoms with van der Waals surface area (Å²) in [7, 11) is 0. The van der Waals surface area contributed by atoms with Gasteiger partial charge in [-0.05, 0) is 19.3 Å². The number of ether oxygens (including phenoxy) is 1. The van der Waals surface area contributed by atoms with Crippen molar-refractivity contribution >= 4 is 0 Å². The van der Waals surface area contributed by atoms with Gasteiger partial charge in [0.1, 0.15) is 0 Å². The maximum atomic E-state index is 12.1. The number of halogens is 3. The van der Waals surface area contributed by atoms with E-state index in [4.69, 9.17) is 10.5 Å². The van der Waals surface area contributed by atoms with E-state index < -0.39 is 12.6 Å². The van der Waals surface area contributed by atoms with Gasteiger partial charge in [-0.25, -0.2) is 4.98 Å². The van der Waals surface area contributed by atoms with Gasteiger partial charge in [0.2, 0.25) is 0 Å². The molecule has 0 aromatic carbocycles. The number of aryl methyl sites for hydroxylation is 1. The van der Waals surface area contributed by atoms with Crippen LogP contribution in [0.25, 0.3) is 0 Å². The van der Waals surface area contributed by atoms with Gasteiger partial charge in [0.25, 0.3) is 0 Å². The SMILES string of the molecule is NC(c1cncn1CCCCC(F)(F)F)C1CCOC1. The Balaban J connectivity index is 1.85. The second kappa shape index (κ2) is 6.58. The number of alkyl halides is 3.